The molecular weight excluding hydrogens is 246 g/mol. The van der Waals surface area contributed by atoms with E-state index in [1.54, 1.807) is 6.07 Å². The van der Waals surface area contributed by atoms with Crippen molar-refractivity contribution in [2.75, 3.05) is 6.61 Å². The Kier molecular flexibility index (Phi) is 4.28. The van der Waals surface area contributed by atoms with E-state index in [4.69, 9.17) is 11.2 Å². The van der Waals surface area contributed by atoms with Crippen LogP contribution >= 0.6 is 0 Å². The number of carbonyl (C=O) groups excluding carboxylic acids is 1. The molecule has 100 valence electrons. The van der Waals surface area contributed by atoms with Gasteiger partial charge in [-0.25, -0.2) is 0 Å². The molecule has 0 aliphatic carbocycles. The number of carbonyl (C=O) groups is 1. The van der Waals surface area contributed by atoms with E-state index in [2.05, 4.69) is 5.92 Å². The quantitative estimate of drug-likeness (QED) is 0.361. The van der Waals surface area contributed by atoms with Gasteiger partial charge in [-0.3, -0.25) is 14.9 Å². The number of ether oxygens (including phenoxy) is 1. The molecule has 0 amide bonds. The van der Waals surface area contributed by atoms with Crippen LogP contribution in [0.25, 0.3) is 0 Å². The molecule has 0 saturated heterocycles. The molecule has 5 heteroatoms. The van der Waals surface area contributed by atoms with Crippen LogP contribution < -0.4 is 4.74 Å². The highest BCUT2D eigenvalue weighted by Crippen LogP contribution is 2.35. The molecule has 0 bridgehead atoms. The van der Waals surface area contributed by atoms with Gasteiger partial charge in [0.1, 0.15) is 6.61 Å². The second-order valence-corrected chi connectivity index (χ2v) is 5.03. The van der Waals surface area contributed by atoms with Gasteiger partial charge in [0, 0.05) is 6.07 Å². The molecule has 5 nitrogen and oxygen atoms in total. The third-order valence-corrected chi connectivity index (χ3v) is 2.59. The molecule has 1 aromatic carbocycles. The van der Waals surface area contributed by atoms with Crippen molar-refractivity contribution in [2.24, 2.45) is 0 Å². The normalized spacial score (nSPS) is 10.6. The van der Waals surface area contributed by atoms with E-state index in [0.29, 0.717) is 11.8 Å². The van der Waals surface area contributed by atoms with Gasteiger partial charge in [-0.2, -0.15) is 0 Å². The van der Waals surface area contributed by atoms with Crippen molar-refractivity contribution in [1.29, 1.82) is 0 Å². The minimum absolute atomic E-state index is 0.0778. The van der Waals surface area contributed by atoms with Crippen LogP contribution in [0.2, 0.25) is 0 Å². The average Bonchev–Trinajstić information content (AvgIpc) is 2.33. The summed E-state index contributed by atoms with van der Waals surface area (Å²) in [6.07, 6.45) is 5.60. The Balaban J connectivity index is 3.50. The SMILES string of the molecule is C#CCOc1c(C=O)cc(C(C)(C)C)cc1[N+](=O)[O-]. The Labute approximate surface area is 111 Å². The minimum atomic E-state index is -0.575. The molecule has 0 saturated carbocycles. The maximum atomic E-state index is 11.1. The Morgan fingerprint density at radius 2 is 2.11 bits per heavy atom. The fraction of sp³-hybridized carbons (Fsp3) is 0.357. The summed E-state index contributed by atoms with van der Waals surface area (Å²) in [4.78, 5) is 21.6. The van der Waals surface area contributed by atoms with Crippen LogP contribution in [-0.2, 0) is 5.41 Å². The van der Waals surface area contributed by atoms with Gasteiger partial charge in [0.05, 0.1) is 10.5 Å². The fourth-order valence-electron chi connectivity index (χ4n) is 1.56. The van der Waals surface area contributed by atoms with E-state index in [9.17, 15) is 14.9 Å². The highest BCUT2D eigenvalue weighted by atomic mass is 16.6. The molecule has 1 rings (SSSR count). The largest absolute Gasteiger partial charge is 0.473 e. The minimum Gasteiger partial charge on any atom is -0.473 e. The Morgan fingerprint density at radius 1 is 1.47 bits per heavy atom. The first-order valence-electron chi connectivity index (χ1n) is 5.65. The summed E-state index contributed by atoms with van der Waals surface area (Å²) >= 11 is 0. The zero-order valence-corrected chi connectivity index (χ0v) is 11.1. The van der Waals surface area contributed by atoms with Gasteiger partial charge in [0.15, 0.2) is 6.29 Å². The number of rotatable bonds is 4. The molecule has 0 radical (unpaired) electrons. The molecule has 1 aromatic rings. The van der Waals surface area contributed by atoms with Crippen molar-refractivity contribution >= 4 is 12.0 Å². The lowest BCUT2D eigenvalue weighted by molar-refractivity contribution is -0.385. The number of nitrogens with zero attached hydrogens (tertiary/aromatic N) is 1. The van der Waals surface area contributed by atoms with Crippen molar-refractivity contribution in [2.45, 2.75) is 26.2 Å². The summed E-state index contributed by atoms with van der Waals surface area (Å²) < 4.78 is 5.13. The number of terminal acetylenes is 1. The fourth-order valence-corrected chi connectivity index (χ4v) is 1.56. The van der Waals surface area contributed by atoms with Crippen LogP contribution in [0.1, 0.15) is 36.7 Å². The summed E-state index contributed by atoms with van der Waals surface area (Å²) in [5.41, 5.74) is 0.265. The molecule has 0 spiro atoms. The molecule has 0 unspecified atom stereocenters. The molecule has 0 aliphatic rings. The molecule has 0 aliphatic heterocycles. The molecule has 0 N–H and O–H groups in total. The van der Waals surface area contributed by atoms with E-state index in [-0.39, 0.29) is 29.0 Å². The van der Waals surface area contributed by atoms with Gasteiger partial charge in [0.25, 0.3) is 0 Å². The molecule has 0 aromatic heterocycles. The van der Waals surface area contributed by atoms with Gasteiger partial charge in [-0.05, 0) is 17.0 Å². The third-order valence-electron chi connectivity index (χ3n) is 2.59. The third kappa shape index (κ3) is 3.32. The van der Waals surface area contributed by atoms with Gasteiger partial charge in [-0.1, -0.05) is 26.7 Å². The van der Waals surface area contributed by atoms with Crippen molar-refractivity contribution < 1.29 is 14.5 Å². The zero-order chi connectivity index (χ0) is 14.6. The number of benzene rings is 1. The maximum Gasteiger partial charge on any atom is 0.312 e. The lowest BCUT2D eigenvalue weighted by Crippen LogP contribution is -2.13. The van der Waals surface area contributed by atoms with Crippen LogP contribution in [0.4, 0.5) is 5.69 Å². The Bertz CT molecular complexity index is 550. The lowest BCUT2D eigenvalue weighted by Gasteiger charge is -2.20. The summed E-state index contributed by atoms with van der Waals surface area (Å²) in [5, 5.41) is 11.1. The second kappa shape index (κ2) is 5.53. The smallest absolute Gasteiger partial charge is 0.312 e. The first-order valence-corrected chi connectivity index (χ1v) is 5.65. The molecular formula is C14H15NO4. The van der Waals surface area contributed by atoms with Crippen molar-refractivity contribution in [3.8, 4) is 18.1 Å². The summed E-state index contributed by atoms with van der Waals surface area (Å²) in [6, 6.07) is 3.00. The number of nitro benzene ring substituents is 1. The van der Waals surface area contributed by atoms with Gasteiger partial charge < -0.3 is 4.74 Å². The standard InChI is InChI=1S/C14H15NO4/c1-5-6-19-13-10(9-16)7-11(14(2,3)4)8-12(13)15(17)18/h1,7-9H,6H2,2-4H3. The van der Waals surface area contributed by atoms with Crippen molar-refractivity contribution in [3.63, 3.8) is 0 Å². The van der Waals surface area contributed by atoms with E-state index < -0.39 is 4.92 Å². The molecule has 19 heavy (non-hydrogen) atoms. The number of hydrogen-bond donors (Lipinski definition) is 0. The number of hydrogen-bond acceptors (Lipinski definition) is 4. The molecule has 0 fully saturated rings. The molecule has 0 atom stereocenters. The highest BCUT2D eigenvalue weighted by molar-refractivity contribution is 5.83. The van der Waals surface area contributed by atoms with Crippen molar-refractivity contribution in [1.82, 2.24) is 0 Å². The van der Waals surface area contributed by atoms with E-state index >= 15 is 0 Å². The highest BCUT2D eigenvalue weighted by Gasteiger charge is 2.25. The molecule has 0 heterocycles. The second-order valence-electron chi connectivity index (χ2n) is 5.03. The lowest BCUT2D eigenvalue weighted by atomic mass is 9.85. The first-order chi connectivity index (χ1) is 8.81. The van der Waals surface area contributed by atoms with Gasteiger partial charge in [-0.15, -0.1) is 6.42 Å². The summed E-state index contributed by atoms with van der Waals surface area (Å²) in [5.74, 6) is 2.14. The Morgan fingerprint density at radius 3 is 2.53 bits per heavy atom. The van der Waals surface area contributed by atoms with E-state index in [1.165, 1.54) is 6.07 Å². The number of nitro groups is 1. The maximum absolute atomic E-state index is 11.1. The van der Waals surface area contributed by atoms with Gasteiger partial charge in [0.2, 0.25) is 5.75 Å². The monoisotopic (exact) mass is 261 g/mol. The van der Waals surface area contributed by atoms with Crippen LogP contribution in [0.5, 0.6) is 5.75 Å². The average molecular weight is 261 g/mol. The van der Waals surface area contributed by atoms with Crippen molar-refractivity contribution in [3.05, 3.63) is 33.4 Å². The predicted molar refractivity (Wildman–Crippen MR) is 71.5 cm³/mol. The van der Waals surface area contributed by atoms with Crippen LogP contribution in [0, 0.1) is 22.5 Å². The predicted octanol–water partition coefficient (Wildman–Crippen LogP) is 2.72. The van der Waals surface area contributed by atoms with Crippen LogP contribution in [-0.4, -0.2) is 17.8 Å². The van der Waals surface area contributed by atoms with Crippen LogP contribution in [0.15, 0.2) is 12.1 Å². The topological polar surface area (TPSA) is 69.4 Å². The number of aldehydes is 1. The van der Waals surface area contributed by atoms with Gasteiger partial charge >= 0.3 is 5.69 Å². The summed E-state index contributed by atoms with van der Waals surface area (Å²) in [7, 11) is 0. The first kappa shape index (κ1) is 14.7. The zero-order valence-electron chi connectivity index (χ0n) is 11.1. The Hall–Kier alpha value is -2.35. The van der Waals surface area contributed by atoms with E-state index in [1.807, 2.05) is 20.8 Å². The van der Waals surface area contributed by atoms with Crippen LogP contribution in [0.3, 0.4) is 0 Å². The summed E-state index contributed by atoms with van der Waals surface area (Å²) in [6.45, 7) is 5.59. The van der Waals surface area contributed by atoms with E-state index in [0.717, 1.165) is 0 Å².